The first-order chi connectivity index (χ1) is 9.86. The molecule has 1 heterocycles. The van der Waals surface area contributed by atoms with Gasteiger partial charge in [0.1, 0.15) is 10.6 Å². The third-order valence-corrected chi connectivity index (χ3v) is 4.99. The fourth-order valence-electron chi connectivity index (χ4n) is 2.04. The van der Waals surface area contributed by atoms with Gasteiger partial charge in [0.15, 0.2) is 0 Å². The molecular weight excluding hydrogens is 296 g/mol. The lowest BCUT2D eigenvalue weighted by atomic mass is 10.2. The zero-order valence-electron chi connectivity index (χ0n) is 11.8. The van der Waals surface area contributed by atoms with Gasteiger partial charge in [0.2, 0.25) is 5.91 Å². The summed E-state index contributed by atoms with van der Waals surface area (Å²) in [5.74, 6) is -0.849. The van der Waals surface area contributed by atoms with Gasteiger partial charge < -0.3 is 10.1 Å². The monoisotopic (exact) mass is 312 g/mol. The molecule has 1 fully saturated rings. The molecule has 0 spiro atoms. The van der Waals surface area contributed by atoms with Crippen LogP contribution in [0.3, 0.4) is 0 Å². The fourth-order valence-corrected chi connectivity index (χ4v) is 3.68. The van der Waals surface area contributed by atoms with Gasteiger partial charge in [0.05, 0.1) is 13.7 Å². The summed E-state index contributed by atoms with van der Waals surface area (Å²) in [6.45, 7) is 1.24. The van der Waals surface area contributed by atoms with Crippen LogP contribution in [0.5, 0.6) is 5.75 Å². The van der Waals surface area contributed by atoms with Crippen molar-refractivity contribution in [2.75, 3.05) is 20.2 Å². The average molecular weight is 312 g/mol. The van der Waals surface area contributed by atoms with Crippen molar-refractivity contribution in [2.45, 2.75) is 18.2 Å². The third-order valence-electron chi connectivity index (χ3n) is 3.14. The second kappa shape index (κ2) is 5.72. The maximum absolute atomic E-state index is 12.7. The average Bonchev–Trinajstić information content (AvgIpc) is 2.61. The highest BCUT2D eigenvalue weighted by Gasteiger charge is 2.33. The van der Waals surface area contributed by atoms with E-state index in [2.05, 4.69) is 5.32 Å². The van der Waals surface area contributed by atoms with Crippen LogP contribution in [0.2, 0.25) is 0 Å². The summed E-state index contributed by atoms with van der Waals surface area (Å²) in [5, 5.41) is 2.36. The van der Waals surface area contributed by atoms with Crippen LogP contribution in [0.15, 0.2) is 23.1 Å². The standard InChI is InChI=1S/C13H16N2O5S/c1-9-3-4-10(20-2)11(7-9)21(18,19)15-6-5-12(16)14-8-13(15)17/h3-4,7H,5-6,8H2,1-2H3,(H,14,16). The first-order valence-corrected chi connectivity index (χ1v) is 7.77. The Bertz CT molecular complexity index is 684. The van der Waals surface area contributed by atoms with E-state index in [-0.39, 0.29) is 36.1 Å². The quantitative estimate of drug-likeness (QED) is 0.851. The molecule has 114 valence electrons. The molecule has 0 aromatic heterocycles. The van der Waals surface area contributed by atoms with Crippen molar-refractivity contribution in [1.29, 1.82) is 0 Å². The molecule has 7 nitrogen and oxygen atoms in total. The summed E-state index contributed by atoms with van der Waals surface area (Å²) < 4.78 is 31.1. The van der Waals surface area contributed by atoms with Crippen LogP contribution in [0.4, 0.5) is 0 Å². The second-order valence-electron chi connectivity index (χ2n) is 4.65. The number of hydrogen-bond donors (Lipinski definition) is 1. The minimum atomic E-state index is -4.06. The van der Waals surface area contributed by atoms with E-state index < -0.39 is 15.9 Å². The largest absolute Gasteiger partial charge is 0.495 e. The normalized spacial score (nSPS) is 16.4. The van der Waals surface area contributed by atoms with E-state index in [1.807, 2.05) is 0 Å². The molecule has 0 atom stereocenters. The zero-order chi connectivity index (χ0) is 15.6. The summed E-state index contributed by atoms with van der Waals surface area (Å²) in [4.78, 5) is 23.2. The van der Waals surface area contributed by atoms with E-state index in [4.69, 9.17) is 4.74 Å². The Morgan fingerprint density at radius 3 is 2.67 bits per heavy atom. The molecule has 0 unspecified atom stereocenters. The molecule has 1 N–H and O–H groups in total. The summed E-state index contributed by atoms with van der Waals surface area (Å²) >= 11 is 0. The number of aryl methyl sites for hydroxylation is 1. The van der Waals surface area contributed by atoms with Gasteiger partial charge in [-0.1, -0.05) is 6.07 Å². The van der Waals surface area contributed by atoms with Crippen LogP contribution in [-0.4, -0.2) is 44.7 Å². The van der Waals surface area contributed by atoms with Gasteiger partial charge in [0, 0.05) is 13.0 Å². The molecule has 1 aromatic carbocycles. The summed E-state index contributed by atoms with van der Waals surface area (Å²) in [5.41, 5.74) is 0.728. The number of amides is 2. The van der Waals surface area contributed by atoms with E-state index in [1.165, 1.54) is 19.2 Å². The number of rotatable bonds is 3. The summed E-state index contributed by atoms with van der Waals surface area (Å²) in [6.07, 6.45) is -0.0564. The Morgan fingerprint density at radius 2 is 2.00 bits per heavy atom. The van der Waals surface area contributed by atoms with Crippen molar-refractivity contribution >= 4 is 21.8 Å². The topological polar surface area (TPSA) is 92.8 Å². The molecule has 1 aliphatic heterocycles. The van der Waals surface area contributed by atoms with Gasteiger partial charge in [-0.3, -0.25) is 9.59 Å². The molecule has 1 saturated heterocycles. The summed E-state index contributed by atoms with van der Waals surface area (Å²) in [6, 6.07) is 4.70. The molecular formula is C13H16N2O5S. The maximum atomic E-state index is 12.7. The van der Waals surface area contributed by atoms with E-state index >= 15 is 0 Å². The number of ether oxygens (including phenoxy) is 1. The Balaban J connectivity index is 2.48. The summed E-state index contributed by atoms with van der Waals surface area (Å²) in [7, 11) is -2.70. The molecule has 0 saturated carbocycles. The second-order valence-corrected chi connectivity index (χ2v) is 6.48. The van der Waals surface area contributed by atoms with Crippen LogP contribution in [0.25, 0.3) is 0 Å². The highest BCUT2D eigenvalue weighted by molar-refractivity contribution is 7.89. The van der Waals surface area contributed by atoms with Gasteiger partial charge in [-0.15, -0.1) is 0 Å². The number of hydrogen-bond acceptors (Lipinski definition) is 5. The van der Waals surface area contributed by atoms with Crippen LogP contribution >= 0.6 is 0 Å². The zero-order valence-corrected chi connectivity index (χ0v) is 12.6. The highest BCUT2D eigenvalue weighted by atomic mass is 32.2. The van der Waals surface area contributed by atoms with E-state index in [1.54, 1.807) is 13.0 Å². The van der Waals surface area contributed by atoms with Crippen LogP contribution in [-0.2, 0) is 19.6 Å². The lowest BCUT2D eigenvalue weighted by molar-refractivity contribution is -0.126. The number of methoxy groups -OCH3 is 1. The van der Waals surface area contributed by atoms with Crippen molar-refractivity contribution < 1.29 is 22.7 Å². The smallest absolute Gasteiger partial charge is 0.270 e. The number of benzene rings is 1. The molecule has 1 aliphatic rings. The molecule has 8 heteroatoms. The molecule has 1 aromatic rings. The van der Waals surface area contributed by atoms with Crippen molar-refractivity contribution in [3.8, 4) is 5.75 Å². The number of nitrogens with zero attached hydrogens (tertiary/aromatic N) is 1. The van der Waals surface area contributed by atoms with Crippen molar-refractivity contribution in [3.63, 3.8) is 0 Å². The van der Waals surface area contributed by atoms with E-state index in [0.717, 1.165) is 9.87 Å². The Morgan fingerprint density at radius 1 is 1.29 bits per heavy atom. The van der Waals surface area contributed by atoms with Gasteiger partial charge in [-0.25, -0.2) is 12.7 Å². The lowest BCUT2D eigenvalue weighted by Gasteiger charge is -2.21. The van der Waals surface area contributed by atoms with Gasteiger partial charge in [-0.2, -0.15) is 0 Å². The van der Waals surface area contributed by atoms with E-state index in [0.29, 0.717) is 0 Å². The highest BCUT2D eigenvalue weighted by Crippen LogP contribution is 2.28. The predicted molar refractivity (Wildman–Crippen MR) is 74.3 cm³/mol. The molecule has 0 aliphatic carbocycles. The van der Waals surface area contributed by atoms with Crippen molar-refractivity contribution in [3.05, 3.63) is 23.8 Å². The number of carbonyl (C=O) groups is 2. The Labute approximate surface area is 122 Å². The molecule has 21 heavy (non-hydrogen) atoms. The Hall–Kier alpha value is -2.09. The Kier molecular flexibility index (Phi) is 4.17. The fraction of sp³-hybridized carbons (Fsp3) is 0.385. The predicted octanol–water partition coefficient (Wildman–Crippen LogP) is 0.0408. The van der Waals surface area contributed by atoms with Crippen molar-refractivity contribution in [2.24, 2.45) is 0 Å². The minimum absolute atomic E-state index is 0.0564. The minimum Gasteiger partial charge on any atom is -0.495 e. The van der Waals surface area contributed by atoms with Crippen LogP contribution in [0, 0.1) is 6.92 Å². The number of sulfonamides is 1. The SMILES string of the molecule is COc1ccc(C)cc1S(=O)(=O)N1CCC(=O)NCC1=O. The first-order valence-electron chi connectivity index (χ1n) is 6.33. The number of carbonyl (C=O) groups excluding carboxylic acids is 2. The van der Waals surface area contributed by atoms with Gasteiger partial charge in [-0.05, 0) is 24.6 Å². The number of nitrogens with one attached hydrogen (secondary N) is 1. The maximum Gasteiger partial charge on any atom is 0.270 e. The molecule has 0 bridgehead atoms. The van der Waals surface area contributed by atoms with Crippen LogP contribution in [0.1, 0.15) is 12.0 Å². The van der Waals surface area contributed by atoms with Crippen LogP contribution < -0.4 is 10.1 Å². The van der Waals surface area contributed by atoms with Gasteiger partial charge in [0.25, 0.3) is 15.9 Å². The molecule has 0 radical (unpaired) electrons. The first kappa shape index (κ1) is 15.3. The lowest BCUT2D eigenvalue weighted by Crippen LogP contribution is -2.39. The van der Waals surface area contributed by atoms with E-state index in [9.17, 15) is 18.0 Å². The molecule has 2 rings (SSSR count). The third kappa shape index (κ3) is 2.99. The van der Waals surface area contributed by atoms with Crippen molar-refractivity contribution in [1.82, 2.24) is 9.62 Å². The van der Waals surface area contributed by atoms with Gasteiger partial charge >= 0.3 is 0 Å². The molecule has 2 amide bonds.